The Hall–Kier alpha value is -2.92. The van der Waals surface area contributed by atoms with Crippen LogP contribution in [0.15, 0.2) is 59.0 Å². The van der Waals surface area contributed by atoms with Crippen LogP contribution in [0.25, 0.3) is 22.1 Å². The van der Waals surface area contributed by atoms with Gasteiger partial charge in [-0.15, -0.1) is 0 Å². The first-order chi connectivity index (χ1) is 13.3. The van der Waals surface area contributed by atoms with Gasteiger partial charge in [0.05, 0.1) is 26.2 Å². The van der Waals surface area contributed by atoms with Gasteiger partial charge in [-0.05, 0) is 19.1 Å². The molecule has 0 aliphatic carbocycles. The van der Waals surface area contributed by atoms with Gasteiger partial charge < -0.3 is 14.2 Å². The molecule has 136 valence electrons. The molecular formula is C22H23N4O+. The Balaban J connectivity index is 1.41. The van der Waals surface area contributed by atoms with Crippen molar-refractivity contribution in [1.82, 2.24) is 9.97 Å². The Morgan fingerprint density at radius 3 is 2.52 bits per heavy atom. The van der Waals surface area contributed by atoms with Gasteiger partial charge in [0.25, 0.3) is 0 Å². The number of piperazine rings is 1. The van der Waals surface area contributed by atoms with Crippen LogP contribution in [0, 0.1) is 6.92 Å². The summed E-state index contributed by atoms with van der Waals surface area (Å²) in [6.45, 7) is 7.19. The van der Waals surface area contributed by atoms with E-state index in [1.807, 2.05) is 25.1 Å². The van der Waals surface area contributed by atoms with Crippen LogP contribution in [0.4, 0.5) is 5.82 Å². The molecule has 5 nitrogen and oxygen atoms in total. The van der Waals surface area contributed by atoms with E-state index in [0.29, 0.717) is 0 Å². The molecule has 5 rings (SSSR count). The predicted molar refractivity (Wildman–Crippen MR) is 107 cm³/mol. The Kier molecular flexibility index (Phi) is 4.02. The summed E-state index contributed by atoms with van der Waals surface area (Å²) in [5.74, 6) is 1.73. The highest BCUT2D eigenvalue weighted by molar-refractivity contribution is 6.05. The monoisotopic (exact) mass is 359 g/mol. The molecule has 1 fully saturated rings. The van der Waals surface area contributed by atoms with E-state index in [4.69, 9.17) is 9.40 Å². The number of nitrogens with zero attached hydrogens (tertiary/aromatic N) is 3. The van der Waals surface area contributed by atoms with Crippen molar-refractivity contribution in [3.63, 3.8) is 0 Å². The molecule has 0 radical (unpaired) electrons. The number of fused-ring (bicyclic) bond motifs is 3. The van der Waals surface area contributed by atoms with E-state index in [2.05, 4.69) is 46.3 Å². The van der Waals surface area contributed by atoms with Gasteiger partial charge in [0.1, 0.15) is 23.5 Å². The second kappa shape index (κ2) is 6.67. The number of furan rings is 1. The first kappa shape index (κ1) is 16.3. The minimum Gasteiger partial charge on any atom is -0.450 e. The Morgan fingerprint density at radius 2 is 1.70 bits per heavy atom. The minimum absolute atomic E-state index is 0.795. The topological polar surface area (TPSA) is 46.6 Å². The molecule has 1 aliphatic heterocycles. The number of para-hydroxylation sites is 1. The summed E-state index contributed by atoms with van der Waals surface area (Å²) < 4.78 is 6.14. The van der Waals surface area contributed by atoms with Crippen molar-refractivity contribution in [1.29, 1.82) is 0 Å². The SMILES string of the molecule is Cc1nc(N2CC[NH+](Cc3ccccc3)CC2)c2oc3ccccc3c2n1. The van der Waals surface area contributed by atoms with Crippen LogP contribution in [-0.2, 0) is 6.54 Å². The van der Waals surface area contributed by atoms with Crippen LogP contribution in [0.2, 0.25) is 0 Å². The van der Waals surface area contributed by atoms with Gasteiger partial charge in [0.2, 0.25) is 0 Å². The van der Waals surface area contributed by atoms with E-state index in [9.17, 15) is 0 Å². The summed E-state index contributed by atoms with van der Waals surface area (Å²) in [7, 11) is 0. The lowest BCUT2D eigenvalue weighted by Crippen LogP contribution is -3.13. The molecule has 5 heteroatoms. The summed E-state index contributed by atoms with van der Waals surface area (Å²) in [6, 6.07) is 18.8. The average molecular weight is 359 g/mol. The number of nitrogens with one attached hydrogen (secondary N) is 1. The Labute approximate surface area is 158 Å². The van der Waals surface area contributed by atoms with E-state index < -0.39 is 0 Å². The molecule has 1 saturated heterocycles. The zero-order chi connectivity index (χ0) is 18.2. The van der Waals surface area contributed by atoms with Crippen LogP contribution < -0.4 is 9.80 Å². The average Bonchev–Trinajstić information content (AvgIpc) is 3.07. The second-order valence-corrected chi connectivity index (χ2v) is 7.27. The molecule has 3 heterocycles. The zero-order valence-electron chi connectivity index (χ0n) is 15.5. The number of benzene rings is 2. The number of hydrogen-bond acceptors (Lipinski definition) is 4. The van der Waals surface area contributed by atoms with E-state index in [1.165, 1.54) is 5.56 Å². The summed E-state index contributed by atoms with van der Waals surface area (Å²) >= 11 is 0. The van der Waals surface area contributed by atoms with Gasteiger partial charge in [-0.2, -0.15) is 0 Å². The lowest BCUT2D eigenvalue weighted by Gasteiger charge is -2.32. The van der Waals surface area contributed by atoms with Gasteiger partial charge in [-0.1, -0.05) is 42.5 Å². The third kappa shape index (κ3) is 3.04. The van der Waals surface area contributed by atoms with E-state index in [0.717, 1.165) is 66.4 Å². The number of aryl methyl sites for hydroxylation is 1. The fraction of sp³-hybridized carbons (Fsp3) is 0.273. The minimum atomic E-state index is 0.795. The molecule has 0 atom stereocenters. The maximum atomic E-state index is 6.14. The van der Waals surface area contributed by atoms with Gasteiger partial charge in [-0.25, -0.2) is 9.97 Å². The quantitative estimate of drug-likeness (QED) is 0.611. The molecule has 4 aromatic rings. The van der Waals surface area contributed by atoms with Crippen LogP contribution in [0.1, 0.15) is 11.4 Å². The van der Waals surface area contributed by atoms with Gasteiger partial charge in [0.15, 0.2) is 11.4 Å². The number of hydrogen-bond donors (Lipinski definition) is 1. The summed E-state index contributed by atoms with van der Waals surface area (Å²) in [6.07, 6.45) is 0. The number of quaternary nitrogens is 1. The predicted octanol–water partition coefficient (Wildman–Crippen LogP) is 2.59. The number of aromatic nitrogens is 2. The van der Waals surface area contributed by atoms with Crippen molar-refractivity contribution in [3.05, 3.63) is 66.0 Å². The fourth-order valence-corrected chi connectivity index (χ4v) is 4.00. The van der Waals surface area contributed by atoms with Crippen LogP contribution in [0.3, 0.4) is 0 Å². The van der Waals surface area contributed by atoms with Crippen molar-refractivity contribution in [2.24, 2.45) is 0 Å². The normalized spacial score (nSPS) is 15.7. The number of rotatable bonds is 3. The second-order valence-electron chi connectivity index (χ2n) is 7.27. The van der Waals surface area contributed by atoms with E-state index in [1.54, 1.807) is 4.90 Å². The third-order valence-electron chi connectivity index (χ3n) is 5.38. The third-order valence-corrected chi connectivity index (χ3v) is 5.38. The van der Waals surface area contributed by atoms with Crippen molar-refractivity contribution in [2.45, 2.75) is 13.5 Å². The molecule has 27 heavy (non-hydrogen) atoms. The van der Waals surface area contributed by atoms with Crippen molar-refractivity contribution in [3.8, 4) is 0 Å². The van der Waals surface area contributed by atoms with Crippen LogP contribution >= 0.6 is 0 Å². The molecule has 0 amide bonds. The van der Waals surface area contributed by atoms with E-state index in [-0.39, 0.29) is 0 Å². The Bertz CT molecular complexity index is 1080. The molecular weight excluding hydrogens is 336 g/mol. The lowest BCUT2D eigenvalue weighted by atomic mass is 10.2. The molecule has 2 aromatic heterocycles. The highest BCUT2D eigenvalue weighted by Gasteiger charge is 2.25. The van der Waals surface area contributed by atoms with Crippen molar-refractivity contribution >= 4 is 27.9 Å². The molecule has 1 aliphatic rings. The maximum absolute atomic E-state index is 6.14. The van der Waals surface area contributed by atoms with Crippen LogP contribution in [-0.4, -0.2) is 36.1 Å². The highest BCUT2D eigenvalue weighted by Crippen LogP contribution is 2.32. The molecule has 1 N–H and O–H groups in total. The molecule has 2 aromatic carbocycles. The zero-order valence-corrected chi connectivity index (χ0v) is 15.5. The summed E-state index contributed by atoms with van der Waals surface area (Å²) in [5.41, 5.74) is 4.01. The number of anilines is 1. The summed E-state index contributed by atoms with van der Waals surface area (Å²) in [4.78, 5) is 13.4. The van der Waals surface area contributed by atoms with Crippen molar-refractivity contribution in [2.75, 3.05) is 31.1 Å². The summed E-state index contributed by atoms with van der Waals surface area (Å²) in [5, 5.41) is 1.06. The first-order valence-electron chi connectivity index (χ1n) is 9.56. The molecule has 0 saturated carbocycles. The standard InChI is InChI=1S/C22H22N4O/c1-16-23-20-18-9-5-6-10-19(18)27-21(20)22(24-16)26-13-11-25(12-14-26)15-17-7-3-2-4-8-17/h2-10H,11-15H2,1H3/p+1. The fourth-order valence-electron chi connectivity index (χ4n) is 4.00. The molecule has 0 spiro atoms. The van der Waals surface area contributed by atoms with Crippen molar-refractivity contribution < 1.29 is 9.32 Å². The smallest absolute Gasteiger partial charge is 0.196 e. The first-order valence-corrected chi connectivity index (χ1v) is 9.56. The molecule has 0 unspecified atom stereocenters. The lowest BCUT2D eigenvalue weighted by molar-refractivity contribution is -0.914. The molecule has 0 bridgehead atoms. The largest absolute Gasteiger partial charge is 0.450 e. The maximum Gasteiger partial charge on any atom is 0.196 e. The van der Waals surface area contributed by atoms with E-state index >= 15 is 0 Å². The Morgan fingerprint density at radius 1 is 0.963 bits per heavy atom. The van der Waals surface area contributed by atoms with Crippen LogP contribution in [0.5, 0.6) is 0 Å². The highest BCUT2D eigenvalue weighted by atomic mass is 16.3. The van der Waals surface area contributed by atoms with Gasteiger partial charge >= 0.3 is 0 Å². The van der Waals surface area contributed by atoms with Gasteiger partial charge in [0, 0.05) is 10.9 Å². The van der Waals surface area contributed by atoms with Gasteiger partial charge in [-0.3, -0.25) is 0 Å².